The highest BCUT2D eigenvalue weighted by Crippen LogP contribution is 2.29. The fraction of sp³-hybridized carbons (Fsp3) is 0.143. The molecule has 8 heteroatoms. The molecule has 0 aromatic heterocycles. The molecule has 2 rings (SSSR count). The second kappa shape index (κ2) is 6.44. The van der Waals surface area contributed by atoms with Crippen LogP contribution in [0.15, 0.2) is 36.4 Å². The van der Waals surface area contributed by atoms with Gasteiger partial charge in [-0.2, -0.15) is 0 Å². The zero-order chi connectivity index (χ0) is 16.3. The number of hydrogen-bond donors (Lipinski definition) is 1. The van der Waals surface area contributed by atoms with E-state index in [-0.39, 0.29) is 5.56 Å². The molecule has 22 heavy (non-hydrogen) atoms. The number of nitro benzene ring substituents is 1. The smallest absolute Gasteiger partial charge is 0.311 e. The molecule has 0 spiro atoms. The summed E-state index contributed by atoms with van der Waals surface area (Å²) in [5.41, 5.74) is -0.868. The summed E-state index contributed by atoms with van der Waals surface area (Å²) in [5.74, 6) is -2.80. The Kier molecular flexibility index (Phi) is 4.62. The molecule has 0 bridgehead atoms. The Balaban J connectivity index is 2.17. The second-order valence-corrected chi connectivity index (χ2v) is 4.36. The summed E-state index contributed by atoms with van der Waals surface area (Å²) in [6.45, 7) is -0.606. The van der Waals surface area contributed by atoms with E-state index in [2.05, 4.69) is 0 Å². The Morgan fingerprint density at radius 3 is 2.45 bits per heavy atom. The van der Waals surface area contributed by atoms with Gasteiger partial charge >= 0.3 is 5.69 Å². The molecular weight excluding hydrogens is 303 g/mol. The fourth-order valence-corrected chi connectivity index (χ4v) is 1.78. The van der Waals surface area contributed by atoms with Gasteiger partial charge in [0.25, 0.3) is 0 Å². The van der Waals surface area contributed by atoms with Crippen LogP contribution >= 0.6 is 0 Å². The molecule has 2 aromatic rings. The van der Waals surface area contributed by atoms with E-state index < -0.39 is 46.5 Å². The van der Waals surface area contributed by atoms with Crippen LogP contribution in [0.3, 0.4) is 0 Å². The van der Waals surface area contributed by atoms with Crippen molar-refractivity contribution in [3.05, 3.63) is 69.5 Å². The van der Waals surface area contributed by atoms with Crippen molar-refractivity contribution in [2.24, 2.45) is 0 Å². The van der Waals surface area contributed by atoms with E-state index in [0.717, 1.165) is 36.4 Å². The summed E-state index contributed by atoms with van der Waals surface area (Å²) in [5, 5.41) is 20.6. The van der Waals surface area contributed by atoms with E-state index in [1.165, 1.54) is 0 Å². The number of nitro groups is 1. The highest BCUT2D eigenvalue weighted by molar-refractivity contribution is 5.46. The lowest BCUT2D eigenvalue weighted by Crippen LogP contribution is -2.12. The van der Waals surface area contributed by atoms with Gasteiger partial charge in [-0.3, -0.25) is 10.1 Å². The molecule has 116 valence electrons. The van der Waals surface area contributed by atoms with Crippen LogP contribution in [0.5, 0.6) is 5.75 Å². The Morgan fingerprint density at radius 2 is 1.77 bits per heavy atom. The first-order valence-corrected chi connectivity index (χ1v) is 6.08. The molecule has 2 aromatic carbocycles. The van der Waals surface area contributed by atoms with Crippen molar-refractivity contribution >= 4 is 5.69 Å². The number of aliphatic hydroxyl groups is 1. The third-order valence-corrected chi connectivity index (χ3v) is 2.83. The van der Waals surface area contributed by atoms with Gasteiger partial charge in [-0.1, -0.05) is 0 Å². The third kappa shape index (κ3) is 3.53. The van der Waals surface area contributed by atoms with E-state index in [9.17, 15) is 28.4 Å². The van der Waals surface area contributed by atoms with Gasteiger partial charge in [0.1, 0.15) is 30.2 Å². The maximum absolute atomic E-state index is 13.5. The van der Waals surface area contributed by atoms with Crippen molar-refractivity contribution in [2.75, 3.05) is 6.61 Å². The molecule has 0 aliphatic heterocycles. The maximum atomic E-state index is 13.5. The van der Waals surface area contributed by atoms with E-state index in [1.54, 1.807) is 0 Å². The van der Waals surface area contributed by atoms with Crippen molar-refractivity contribution in [1.82, 2.24) is 0 Å². The third-order valence-electron chi connectivity index (χ3n) is 2.83. The summed E-state index contributed by atoms with van der Waals surface area (Å²) < 4.78 is 44.6. The maximum Gasteiger partial charge on any atom is 0.311 e. The number of hydrogen-bond acceptors (Lipinski definition) is 4. The molecule has 0 saturated carbocycles. The highest BCUT2D eigenvalue weighted by Gasteiger charge is 2.19. The van der Waals surface area contributed by atoms with Crippen molar-refractivity contribution in [3.63, 3.8) is 0 Å². The van der Waals surface area contributed by atoms with E-state index >= 15 is 0 Å². The Labute approximate surface area is 122 Å². The van der Waals surface area contributed by atoms with Crippen molar-refractivity contribution < 1.29 is 27.9 Å². The molecule has 0 heterocycles. The predicted molar refractivity (Wildman–Crippen MR) is 69.9 cm³/mol. The van der Waals surface area contributed by atoms with Crippen LogP contribution in [0.25, 0.3) is 0 Å². The van der Waals surface area contributed by atoms with Crippen molar-refractivity contribution in [2.45, 2.75) is 6.10 Å². The standard InChI is InChI=1S/C14H10F3NO4/c15-8-1-3-11(17)10(5-8)13(19)7-22-14-6-9(16)2-4-12(14)18(20)21/h1-6,13,19H,7H2. The molecular formula is C14H10F3NO4. The van der Waals surface area contributed by atoms with Gasteiger partial charge in [0, 0.05) is 17.7 Å². The number of aliphatic hydroxyl groups excluding tert-OH is 1. The SMILES string of the molecule is O=[N+]([O-])c1ccc(F)cc1OCC(O)c1cc(F)ccc1F. The number of rotatable bonds is 5. The Hall–Kier alpha value is -2.61. The summed E-state index contributed by atoms with van der Waals surface area (Å²) >= 11 is 0. The summed E-state index contributed by atoms with van der Waals surface area (Å²) in [7, 11) is 0. The zero-order valence-corrected chi connectivity index (χ0v) is 11.0. The molecule has 0 radical (unpaired) electrons. The summed E-state index contributed by atoms with van der Waals surface area (Å²) in [6, 6.07) is 5.05. The molecule has 0 amide bonds. The lowest BCUT2D eigenvalue weighted by atomic mass is 10.1. The number of ether oxygens (including phenoxy) is 1. The first kappa shape index (κ1) is 15.8. The van der Waals surface area contributed by atoms with Gasteiger partial charge in [0.05, 0.1) is 4.92 Å². The first-order chi connectivity index (χ1) is 10.4. The molecule has 0 aliphatic rings. The lowest BCUT2D eigenvalue weighted by molar-refractivity contribution is -0.386. The average Bonchev–Trinajstić information content (AvgIpc) is 2.47. The molecule has 1 N–H and O–H groups in total. The predicted octanol–water partition coefficient (Wildman–Crippen LogP) is 3.12. The molecule has 0 saturated heterocycles. The minimum Gasteiger partial charge on any atom is -0.484 e. The van der Waals surface area contributed by atoms with E-state index in [0.29, 0.717) is 0 Å². The Morgan fingerprint density at radius 1 is 1.14 bits per heavy atom. The van der Waals surface area contributed by atoms with Crippen LogP contribution in [0.4, 0.5) is 18.9 Å². The van der Waals surface area contributed by atoms with Gasteiger partial charge in [-0.25, -0.2) is 13.2 Å². The summed E-state index contributed by atoms with van der Waals surface area (Å²) in [6.07, 6.45) is -1.57. The molecule has 5 nitrogen and oxygen atoms in total. The fourth-order valence-electron chi connectivity index (χ4n) is 1.78. The Bertz CT molecular complexity index is 708. The molecule has 1 unspecified atom stereocenters. The van der Waals surface area contributed by atoms with E-state index in [4.69, 9.17) is 4.74 Å². The van der Waals surface area contributed by atoms with Crippen LogP contribution in [0.1, 0.15) is 11.7 Å². The quantitative estimate of drug-likeness (QED) is 0.680. The first-order valence-electron chi connectivity index (χ1n) is 6.08. The zero-order valence-electron chi connectivity index (χ0n) is 11.0. The van der Waals surface area contributed by atoms with Crippen LogP contribution < -0.4 is 4.74 Å². The topological polar surface area (TPSA) is 72.6 Å². The van der Waals surface area contributed by atoms with Crippen molar-refractivity contribution in [1.29, 1.82) is 0 Å². The van der Waals surface area contributed by atoms with Gasteiger partial charge in [0.2, 0.25) is 0 Å². The van der Waals surface area contributed by atoms with Crippen molar-refractivity contribution in [3.8, 4) is 5.75 Å². The van der Waals surface area contributed by atoms with Crippen LogP contribution in [-0.2, 0) is 0 Å². The largest absolute Gasteiger partial charge is 0.484 e. The minimum absolute atomic E-state index is 0.362. The van der Waals surface area contributed by atoms with Crippen LogP contribution in [0.2, 0.25) is 0 Å². The number of nitrogens with zero attached hydrogens (tertiary/aromatic N) is 1. The number of benzene rings is 2. The number of halogens is 3. The molecule has 0 aliphatic carbocycles. The van der Waals surface area contributed by atoms with Gasteiger partial charge in [-0.15, -0.1) is 0 Å². The summed E-state index contributed by atoms with van der Waals surface area (Å²) in [4.78, 5) is 9.99. The van der Waals surface area contributed by atoms with Crippen LogP contribution in [-0.4, -0.2) is 16.6 Å². The van der Waals surface area contributed by atoms with Gasteiger partial charge < -0.3 is 9.84 Å². The highest BCUT2D eigenvalue weighted by atomic mass is 19.1. The normalized spacial score (nSPS) is 12.0. The average molecular weight is 313 g/mol. The van der Waals surface area contributed by atoms with Gasteiger partial charge in [0.15, 0.2) is 5.75 Å². The monoisotopic (exact) mass is 313 g/mol. The minimum atomic E-state index is -1.57. The lowest BCUT2D eigenvalue weighted by Gasteiger charge is -2.13. The molecule has 0 fully saturated rings. The molecule has 1 atom stereocenters. The van der Waals surface area contributed by atoms with E-state index in [1.807, 2.05) is 0 Å². The van der Waals surface area contributed by atoms with Gasteiger partial charge in [-0.05, 0) is 24.3 Å². The van der Waals surface area contributed by atoms with Crippen LogP contribution in [0, 0.1) is 27.6 Å². The second-order valence-electron chi connectivity index (χ2n) is 4.36.